The van der Waals surface area contributed by atoms with E-state index in [4.69, 9.17) is 29.7 Å². The summed E-state index contributed by atoms with van der Waals surface area (Å²) >= 11 is 0. The molecule has 0 aliphatic carbocycles. The van der Waals surface area contributed by atoms with Gasteiger partial charge in [0.1, 0.15) is 0 Å². The Morgan fingerprint density at radius 2 is 0.595 bits per heavy atom. The fourth-order valence-corrected chi connectivity index (χ4v) is 25.8. The van der Waals surface area contributed by atoms with E-state index in [0.29, 0.717) is 0 Å². The van der Waals surface area contributed by atoms with E-state index in [2.05, 4.69) is 88.2 Å². The van der Waals surface area contributed by atoms with Crippen LogP contribution in [0, 0.1) is 0 Å². The average Bonchev–Trinajstić information content (AvgIpc) is 2.80. The first-order valence-electron chi connectivity index (χ1n) is 16.1. The summed E-state index contributed by atoms with van der Waals surface area (Å²) in [7, 11) is -7.33. The van der Waals surface area contributed by atoms with Gasteiger partial charge in [0.2, 0.25) is 0 Å². The van der Waals surface area contributed by atoms with Gasteiger partial charge in [0, 0.05) is 58.9 Å². The molecule has 0 spiro atoms. The highest BCUT2D eigenvalue weighted by Gasteiger charge is 2.57. The second-order valence-electron chi connectivity index (χ2n) is 15.1. The van der Waals surface area contributed by atoms with E-state index >= 15 is 0 Å². The highest BCUT2D eigenvalue weighted by atomic mass is 28.5. The Kier molecular flexibility index (Phi) is 13.3. The first kappa shape index (κ1) is 37.1. The number of rotatable bonds is 14. The SMILES string of the molecule is CN1CCC(O[Si](C)(O[Si](C)(C)C)O[Si](C)(OC2CCN(C)CC2)O[Si](C)(OC2CCN(C)CC2)O[Si](C)(C)C)CC1. The monoisotopic (exact) mass is 681 g/mol. The predicted molar refractivity (Wildman–Crippen MR) is 181 cm³/mol. The Hall–Kier alpha value is 0.684. The zero-order chi connectivity index (χ0) is 31.4. The van der Waals surface area contributed by atoms with E-state index < -0.39 is 43.0 Å². The molecule has 248 valence electrons. The lowest BCUT2D eigenvalue weighted by atomic mass is 10.1. The van der Waals surface area contributed by atoms with E-state index in [1.54, 1.807) is 0 Å². The van der Waals surface area contributed by atoms with Crippen molar-refractivity contribution in [2.24, 2.45) is 0 Å². The van der Waals surface area contributed by atoms with Gasteiger partial charge in [-0.2, -0.15) is 0 Å². The van der Waals surface area contributed by atoms with Gasteiger partial charge in [-0.05, 0) is 99.0 Å². The lowest BCUT2D eigenvalue weighted by molar-refractivity contribution is 0.000338. The van der Waals surface area contributed by atoms with Crippen LogP contribution in [0.5, 0.6) is 0 Å². The predicted octanol–water partition coefficient (Wildman–Crippen LogP) is 4.76. The van der Waals surface area contributed by atoms with Gasteiger partial charge in [-0.1, -0.05) is 0 Å². The maximum atomic E-state index is 7.16. The van der Waals surface area contributed by atoms with Crippen LogP contribution in [-0.4, -0.2) is 136 Å². The molecular formula is C27H63N3O7Si5. The molecule has 0 saturated carbocycles. The second-order valence-corrected chi connectivity index (χ2v) is 32.7. The fraction of sp³-hybridized carbons (Fsp3) is 1.00. The number of piperidine rings is 3. The fourth-order valence-electron chi connectivity index (χ4n) is 6.21. The van der Waals surface area contributed by atoms with Crippen LogP contribution in [0.3, 0.4) is 0 Å². The van der Waals surface area contributed by atoms with E-state index in [9.17, 15) is 0 Å². The Morgan fingerprint density at radius 1 is 0.381 bits per heavy atom. The normalized spacial score (nSPS) is 26.6. The molecule has 15 heteroatoms. The average molecular weight is 682 g/mol. The molecule has 10 nitrogen and oxygen atoms in total. The van der Waals surface area contributed by atoms with Gasteiger partial charge in [0.15, 0.2) is 16.6 Å². The van der Waals surface area contributed by atoms with Crippen LogP contribution in [-0.2, 0) is 29.7 Å². The number of hydrogen-bond donors (Lipinski definition) is 0. The summed E-state index contributed by atoms with van der Waals surface area (Å²) in [5.41, 5.74) is 0. The molecule has 0 radical (unpaired) electrons. The second kappa shape index (κ2) is 15.1. The van der Waals surface area contributed by atoms with Crippen LogP contribution in [0.4, 0.5) is 0 Å². The third-order valence-electron chi connectivity index (χ3n) is 7.86. The quantitative estimate of drug-likeness (QED) is 0.240. The molecule has 0 bridgehead atoms. The Morgan fingerprint density at radius 3 is 0.810 bits per heavy atom. The summed E-state index contributed by atoms with van der Waals surface area (Å²) in [6, 6.07) is 0. The standard InChI is InChI=1S/C27H63N3O7Si5/c1-28-19-13-25(14-20-28)31-40(10,34-38(4,5)6)36-42(12,33-27-17-23-30(3)24-18-27)37-41(11,35-39(7,8)9)32-26-15-21-29(2)22-16-26/h25-27H,13-24H2,1-12H3. The van der Waals surface area contributed by atoms with Crippen molar-refractivity contribution in [1.82, 2.24) is 14.7 Å². The third-order valence-corrected chi connectivity index (χ3v) is 23.9. The number of nitrogens with zero attached hydrogens (tertiary/aromatic N) is 3. The van der Waals surface area contributed by atoms with Crippen LogP contribution in [0.1, 0.15) is 38.5 Å². The summed E-state index contributed by atoms with van der Waals surface area (Å²) in [4.78, 5) is 7.07. The van der Waals surface area contributed by atoms with Crippen molar-refractivity contribution in [1.29, 1.82) is 0 Å². The van der Waals surface area contributed by atoms with E-state index in [1.165, 1.54) is 0 Å². The van der Waals surface area contributed by atoms with Gasteiger partial charge >= 0.3 is 26.4 Å². The molecule has 0 aromatic rings. The highest BCUT2D eigenvalue weighted by Crippen LogP contribution is 2.33. The molecule has 3 saturated heterocycles. The van der Waals surface area contributed by atoms with Crippen molar-refractivity contribution in [2.45, 2.75) is 116 Å². The summed E-state index contributed by atoms with van der Waals surface area (Å²) in [6.45, 7) is 25.4. The molecule has 0 N–H and O–H groups in total. The smallest absolute Gasteiger partial charge is 0.416 e. The molecule has 2 unspecified atom stereocenters. The minimum absolute atomic E-state index is 0.0554. The minimum Gasteiger partial charge on any atom is -0.416 e. The molecule has 0 aromatic heterocycles. The Bertz CT molecular complexity index is 778. The van der Waals surface area contributed by atoms with Crippen LogP contribution >= 0.6 is 0 Å². The van der Waals surface area contributed by atoms with Crippen LogP contribution < -0.4 is 0 Å². The van der Waals surface area contributed by atoms with E-state index in [1.807, 2.05) is 6.55 Å². The maximum absolute atomic E-state index is 7.16. The largest absolute Gasteiger partial charge is 0.483 e. The Balaban J connectivity index is 1.92. The molecule has 3 aliphatic rings. The molecule has 3 fully saturated rings. The van der Waals surface area contributed by atoms with Crippen LogP contribution in [0.15, 0.2) is 0 Å². The van der Waals surface area contributed by atoms with Gasteiger partial charge in [-0.25, -0.2) is 0 Å². The van der Waals surface area contributed by atoms with Crippen molar-refractivity contribution < 1.29 is 29.7 Å². The molecular weight excluding hydrogens is 619 g/mol. The molecule has 0 amide bonds. The third kappa shape index (κ3) is 13.2. The topological polar surface area (TPSA) is 74.3 Å². The van der Waals surface area contributed by atoms with Crippen molar-refractivity contribution in [3.8, 4) is 0 Å². The molecule has 3 heterocycles. The zero-order valence-electron chi connectivity index (χ0n) is 28.9. The van der Waals surface area contributed by atoms with Gasteiger partial charge in [-0.15, -0.1) is 0 Å². The van der Waals surface area contributed by atoms with Crippen LogP contribution in [0.25, 0.3) is 0 Å². The van der Waals surface area contributed by atoms with E-state index in [0.717, 1.165) is 77.8 Å². The van der Waals surface area contributed by atoms with Gasteiger partial charge in [0.25, 0.3) is 0 Å². The van der Waals surface area contributed by atoms with Crippen molar-refractivity contribution in [2.75, 3.05) is 60.4 Å². The first-order chi connectivity index (χ1) is 19.2. The van der Waals surface area contributed by atoms with Crippen LogP contribution in [0.2, 0.25) is 58.9 Å². The molecule has 3 aliphatic heterocycles. The van der Waals surface area contributed by atoms with Crippen molar-refractivity contribution >= 4 is 43.0 Å². The van der Waals surface area contributed by atoms with Crippen molar-refractivity contribution in [3.05, 3.63) is 0 Å². The zero-order valence-corrected chi connectivity index (χ0v) is 33.9. The molecule has 42 heavy (non-hydrogen) atoms. The minimum atomic E-state index is -3.40. The van der Waals surface area contributed by atoms with E-state index in [-0.39, 0.29) is 18.3 Å². The van der Waals surface area contributed by atoms with Crippen molar-refractivity contribution in [3.63, 3.8) is 0 Å². The summed E-state index contributed by atoms with van der Waals surface area (Å²) in [6.07, 6.45) is 6.03. The van der Waals surface area contributed by atoms with Gasteiger partial charge < -0.3 is 44.4 Å². The lowest BCUT2D eigenvalue weighted by Crippen LogP contribution is -2.66. The molecule has 0 aromatic carbocycles. The summed E-state index contributed by atoms with van der Waals surface area (Å²) in [5, 5.41) is 0. The highest BCUT2D eigenvalue weighted by molar-refractivity contribution is 6.86. The number of hydrogen-bond acceptors (Lipinski definition) is 10. The summed E-state index contributed by atoms with van der Waals surface area (Å²) < 4.78 is 48.8. The molecule has 2 atom stereocenters. The first-order valence-corrected chi connectivity index (χ1v) is 29.6. The summed E-state index contributed by atoms with van der Waals surface area (Å²) in [5.74, 6) is 0. The lowest BCUT2D eigenvalue weighted by Gasteiger charge is -2.46. The van der Waals surface area contributed by atoms with Gasteiger partial charge in [0.05, 0.1) is 18.3 Å². The molecule has 3 rings (SSSR count). The number of likely N-dealkylation sites (tertiary alicyclic amines) is 3. The Labute approximate surface area is 263 Å². The van der Waals surface area contributed by atoms with Gasteiger partial charge in [-0.3, -0.25) is 0 Å². The maximum Gasteiger partial charge on any atom is 0.483 e.